The van der Waals surface area contributed by atoms with Crippen LogP contribution in [0.15, 0.2) is 21.8 Å². The first-order chi connectivity index (χ1) is 8.40. The molecule has 0 aliphatic rings. The molecule has 0 bridgehead atoms. The van der Waals surface area contributed by atoms with Crippen LogP contribution in [0.4, 0.5) is 0 Å². The van der Waals surface area contributed by atoms with Crippen molar-refractivity contribution in [3.63, 3.8) is 0 Å². The maximum absolute atomic E-state index is 10.9. The highest BCUT2D eigenvalue weighted by molar-refractivity contribution is 9.10. The Kier molecular flexibility index (Phi) is 5.61. The topological polar surface area (TPSA) is 79.3 Å². The van der Waals surface area contributed by atoms with Gasteiger partial charge in [0, 0.05) is 18.9 Å². The summed E-state index contributed by atoms with van der Waals surface area (Å²) >= 11 is 4.65. The molecule has 1 aromatic rings. The van der Waals surface area contributed by atoms with E-state index in [0.717, 1.165) is 10.0 Å². The van der Waals surface area contributed by atoms with Gasteiger partial charge in [-0.1, -0.05) is 0 Å². The van der Waals surface area contributed by atoms with Crippen molar-refractivity contribution in [3.8, 4) is 0 Å². The third kappa shape index (κ3) is 4.66. The number of nitrogens with zero attached hydrogens (tertiary/aromatic N) is 1. The minimum absolute atomic E-state index is 0.226. The van der Waals surface area contributed by atoms with E-state index in [-0.39, 0.29) is 11.7 Å². The molecule has 98 valence electrons. The van der Waals surface area contributed by atoms with Gasteiger partial charge in [0.1, 0.15) is 11.1 Å². The fourth-order valence-corrected chi connectivity index (χ4v) is 2.89. The van der Waals surface area contributed by atoms with E-state index in [1.165, 1.54) is 18.7 Å². The number of hydrogen-bond acceptors (Lipinski definition) is 4. The number of carbonyl (C=O) groups excluding carboxylic acids is 1. The zero-order valence-electron chi connectivity index (χ0n) is 9.94. The van der Waals surface area contributed by atoms with Crippen LogP contribution in [0.5, 0.6) is 0 Å². The van der Waals surface area contributed by atoms with E-state index < -0.39 is 12.0 Å². The Morgan fingerprint density at radius 1 is 1.61 bits per heavy atom. The lowest BCUT2D eigenvalue weighted by Gasteiger charge is -2.12. The molecule has 1 atom stereocenters. The van der Waals surface area contributed by atoms with Gasteiger partial charge >= 0.3 is 5.97 Å². The van der Waals surface area contributed by atoms with E-state index in [1.54, 1.807) is 6.20 Å². The molecule has 0 saturated carbocycles. The molecule has 1 rings (SSSR count). The van der Waals surface area contributed by atoms with E-state index in [2.05, 4.69) is 26.2 Å². The van der Waals surface area contributed by atoms with Crippen molar-refractivity contribution in [1.29, 1.82) is 0 Å². The lowest BCUT2D eigenvalue weighted by atomic mass is 10.3. The molecule has 1 aromatic heterocycles. The van der Waals surface area contributed by atoms with E-state index in [9.17, 15) is 9.59 Å². The predicted molar refractivity (Wildman–Crippen MR) is 72.6 cm³/mol. The van der Waals surface area contributed by atoms with E-state index in [1.807, 2.05) is 13.0 Å². The molecule has 0 aliphatic carbocycles. The molecular formula is C11H13BrN2O3S. The Morgan fingerprint density at radius 2 is 2.28 bits per heavy atom. The summed E-state index contributed by atoms with van der Waals surface area (Å²) in [6.45, 7) is 3.21. The van der Waals surface area contributed by atoms with Crippen LogP contribution in [0.25, 0.3) is 0 Å². The van der Waals surface area contributed by atoms with Gasteiger partial charge in [-0.2, -0.15) is 0 Å². The number of hydrogen-bond donors (Lipinski definition) is 2. The Bertz CT molecular complexity index is 468. The molecular weight excluding hydrogens is 320 g/mol. The molecule has 0 saturated heterocycles. The Morgan fingerprint density at radius 3 is 2.78 bits per heavy atom. The average Bonchev–Trinajstić information content (AvgIpc) is 2.25. The average molecular weight is 333 g/mol. The molecule has 18 heavy (non-hydrogen) atoms. The number of nitrogens with one attached hydrogen (secondary N) is 1. The normalized spacial score (nSPS) is 11.9. The van der Waals surface area contributed by atoms with Crippen LogP contribution in [0.3, 0.4) is 0 Å². The van der Waals surface area contributed by atoms with Crippen molar-refractivity contribution in [2.45, 2.75) is 24.9 Å². The number of rotatable bonds is 5. The van der Waals surface area contributed by atoms with Gasteiger partial charge in [0.15, 0.2) is 0 Å². The van der Waals surface area contributed by atoms with Crippen LogP contribution in [0.1, 0.15) is 12.5 Å². The zero-order chi connectivity index (χ0) is 13.7. The quantitative estimate of drug-likeness (QED) is 0.804. The van der Waals surface area contributed by atoms with Crippen molar-refractivity contribution in [1.82, 2.24) is 10.3 Å². The number of carbonyl (C=O) groups is 2. The van der Waals surface area contributed by atoms with Gasteiger partial charge in [-0.3, -0.25) is 4.79 Å². The van der Waals surface area contributed by atoms with Gasteiger partial charge in [0.25, 0.3) is 0 Å². The lowest BCUT2D eigenvalue weighted by Crippen LogP contribution is -2.41. The lowest BCUT2D eigenvalue weighted by molar-refractivity contribution is -0.140. The van der Waals surface area contributed by atoms with Gasteiger partial charge < -0.3 is 10.4 Å². The maximum Gasteiger partial charge on any atom is 0.327 e. The second kappa shape index (κ2) is 6.75. The first kappa shape index (κ1) is 15.0. The summed E-state index contributed by atoms with van der Waals surface area (Å²) in [7, 11) is 0. The molecule has 1 amide bonds. The molecule has 0 fully saturated rings. The third-order valence-corrected chi connectivity index (χ3v) is 3.97. The molecule has 2 N–H and O–H groups in total. The summed E-state index contributed by atoms with van der Waals surface area (Å²) in [4.78, 5) is 26.0. The fourth-order valence-electron chi connectivity index (χ4n) is 1.21. The smallest absolute Gasteiger partial charge is 0.327 e. The zero-order valence-corrected chi connectivity index (χ0v) is 12.3. The summed E-state index contributed by atoms with van der Waals surface area (Å²) in [5, 5.41) is 12.0. The predicted octanol–water partition coefficient (Wildman–Crippen LogP) is 1.83. The number of aliphatic carboxylic acids is 1. The van der Waals surface area contributed by atoms with Crippen LogP contribution >= 0.6 is 27.7 Å². The highest BCUT2D eigenvalue weighted by Crippen LogP contribution is 2.26. The number of carboxylic acids is 1. The summed E-state index contributed by atoms with van der Waals surface area (Å²) in [5.74, 6) is -1.19. The largest absolute Gasteiger partial charge is 0.480 e. The minimum atomic E-state index is -1.05. The van der Waals surface area contributed by atoms with Crippen LogP contribution < -0.4 is 5.32 Å². The van der Waals surface area contributed by atoms with E-state index in [4.69, 9.17) is 5.11 Å². The number of pyridine rings is 1. The van der Waals surface area contributed by atoms with E-state index >= 15 is 0 Å². The molecule has 0 radical (unpaired) electrons. The number of carboxylic acid groups (broad SMARTS) is 1. The molecule has 5 nitrogen and oxygen atoms in total. The van der Waals surface area contributed by atoms with Gasteiger partial charge in [0.05, 0.1) is 4.47 Å². The molecule has 0 spiro atoms. The molecule has 1 heterocycles. The fraction of sp³-hybridized carbons (Fsp3) is 0.364. The molecule has 7 heteroatoms. The maximum atomic E-state index is 10.9. The van der Waals surface area contributed by atoms with Crippen molar-refractivity contribution >= 4 is 39.6 Å². The Hall–Kier alpha value is -1.08. The van der Waals surface area contributed by atoms with Crippen molar-refractivity contribution in [2.75, 3.05) is 5.75 Å². The summed E-state index contributed by atoms with van der Waals surface area (Å²) in [5.41, 5.74) is 1.02. The van der Waals surface area contributed by atoms with E-state index in [0.29, 0.717) is 5.03 Å². The summed E-state index contributed by atoms with van der Waals surface area (Å²) in [6, 6.07) is 0.992. The molecule has 0 aromatic carbocycles. The first-order valence-electron chi connectivity index (χ1n) is 5.15. The van der Waals surface area contributed by atoms with Gasteiger partial charge in [-0.25, -0.2) is 9.78 Å². The number of amides is 1. The van der Waals surface area contributed by atoms with Crippen molar-refractivity contribution < 1.29 is 14.7 Å². The van der Waals surface area contributed by atoms with Gasteiger partial charge in [-0.15, -0.1) is 11.8 Å². The third-order valence-electron chi connectivity index (χ3n) is 2.01. The van der Waals surface area contributed by atoms with Crippen molar-refractivity contribution in [2.24, 2.45) is 0 Å². The highest BCUT2D eigenvalue weighted by Gasteiger charge is 2.19. The SMILES string of the molecule is CC(=O)N[C@@H](CSc1ncc(C)cc1Br)C(=O)O. The second-order valence-electron chi connectivity index (χ2n) is 3.70. The number of thioether (sulfide) groups is 1. The Labute approximate surface area is 117 Å². The summed E-state index contributed by atoms with van der Waals surface area (Å²) in [6.07, 6.45) is 1.71. The van der Waals surface area contributed by atoms with Gasteiger partial charge in [0.2, 0.25) is 5.91 Å². The first-order valence-corrected chi connectivity index (χ1v) is 6.93. The molecule has 0 unspecified atom stereocenters. The number of aromatic nitrogens is 1. The Balaban J connectivity index is 2.66. The highest BCUT2D eigenvalue weighted by atomic mass is 79.9. The minimum Gasteiger partial charge on any atom is -0.480 e. The van der Waals surface area contributed by atoms with Crippen LogP contribution in [-0.2, 0) is 9.59 Å². The van der Waals surface area contributed by atoms with Crippen molar-refractivity contribution in [3.05, 3.63) is 22.3 Å². The van der Waals surface area contributed by atoms with Crippen LogP contribution in [-0.4, -0.2) is 33.8 Å². The summed E-state index contributed by atoms with van der Waals surface area (Å²) < 4.78 is 0.819. The monoisotopic (exact) mass is 332 g/mol. The number of halogens is 1. The standard InChI is InChI=1S/C11H13BrN2O3S/c1-6-3-8(12)10(13-4-6)18-5-9(11(16)17)14-7(2)15/h3-4,9H,5H2,1-2H3,(H,14,15)(H,16,17)/t9-/m0/s1. The van der Waals surface area contributed by atoms with Crippen LogP contribution in [0, 0.1) is 6.92 Å². The van der Waals surface area contributed by atoms with Gasteiger partial charge in [-0.05, 0) is 34.5 Å². The molecule has 0 aliphatic heterocycles. The number of aryl methyl sites for hydroxylation is 1. The second-order valence-corrected chi connectivity index (χ2v) is 5.57. The van der Waals surface area contributed by atoms with Crippen LogP contribution in [0.2, 0.25) is 0 Å².